The van der Waals surface area contributed by atoms with Gasteiger partial charge in [-0.2, -0.15) is 0 Å². The molecule has 1 aliphatic heterocycles. The minimum atomic E-state index is -0.216. The third-order valence-electron chi connectivity index (χ3n) is 6.66. The van der Waals surface area contributed by atoms with Crippen LogP contribution in [0.25, 0.3) is 0 Å². The van der Waals surface area contributed by atoms with Crippen molar-refractivity contribution < 1.29 is 9.59 Å². The standard InChI is InChI=1S/C26H34N4O2/c31-25(15-10-21-6-4-5-7-21)30-18-16-29(17-19-30)24-13-11-23(12-14-24)28-26(32)27-20-22-8-2-1-3-9-22/h1-3,8-9,11-14,21H,4-7,10,15-20H2,(H2,27,28,32). The van der Waals surface area contributed by atoms with Gasteiger partial charge in [-0.25, -0.2) is 4.79 Å². The predicted octanol–water partition coefficient (Wildman–Crippen LogP) is 4.63. The van der Waals surface area contributed by atoms with E-state index in [0.29, 0.717) is 18.9 Å². The highest BCUT2D eigenvalue weighted by Crippen LogP contribution is 2.29. The summed E-state index contributed by atoms with van der Waals surface area (Å²) in [5.41, 5.74) is 2.95. The Labute approximate surface area is 191 Å². The van der Waals surface area contributed by atoms with Gasteiger partial charge in [0.25, 0.3) is 0 Å². The highest BCUT2D eigenvalue weighted by molar-refractivity contribution is 5.89. The summed E-state index contributed by atoms with van der Waals surface area (Å²) >= 11 is 0. The second kappa shape index (κ2) is 11.0. The lowest BCUT2D eigenvalue weighted by Crippen LogP contribution is -2.48. The fourth-order valence-electron chi connectivity index (χ4n) is 4.71. The number of amides is 3. The molecule has 0 spiro atoms. The zero-order chi connectivity index (χ0) is 22.2. The van der Waals surface area contributed by atoms with E-state index in [4.69, 9.17) is 0 Å². The molecule has 2 aromatic carbocycles. The minimum Gasteiger partial charge on any atom is -0.368 e. The molecule has 2 aliphatic rings. The number of carbonyl (C=O) groups excluding carboxylic acids is 2. The molecule has 4 rings (SSSR count). The zero-order valence-electron chi connectivity index (χ0n) is 18.8. The molecule has 6 heteroatoms. The van der Waals surface area contributed by atoms with Crippen LogP contribution in [0.2, 0.25) is 0 Å². The number of nitrogens with zero attached hydrogens (tertiary/aromatic N) is 2. The van der Waals surface area contributed by atoms with Crippen LogP contribution < -0.4 is 15.5 Å². The lowest BCUT2D eigenvalue weighted by atomic mass is 10.0. The largest absolute Gasteiger partial charge is 0.368 e. The Morgan fingerprint density at radius 1 is 0.875 bits per heavy atom. The fraction of sp³-hybridized carbons (Fsp3) is 0.462. The van der Waals surface area contributed by atoms with Crippen molar-refractivity contribution >= 4 is 23.3 Å². The van der Waals surface area contributed by atoms with Crippen molar-refractivity contribution in [3.8, 4) is 0 Å². The Hall–Kier alpha value is -3.02. The molecule has 0 aromatic heterocycles. The average Bonchev–Trinajstić information content (AvgIpc) is 3.36. The average molecular weight is 435 g/mol. The first kappa shape index (κ1) is 22.2. The summed E-state index contributed by atoms with van der Waals surface area (Å²) in [6.07, 6.45) is 7.05. The SMILES string of the molecule is O=C(NCc1ccccc1)Nc1ccc(N2CCN(C(=O)CCC3CCCC3)CC2)cc1. The minimum absolute atomic E-state index is 0.216. The molecule has 32 heavy (non-hydrogen) atoms. The van der Waals surface area contributed by atoms with Gasteiger partial charge in [0.15, 0.2) is 0 Å². The first-order valence-electron chi connectivity index (χ1n) is 11.9. The van der Waals surface area contributed by atoms with Gasteiger partial charge in [-0.05, 0) is 42.2 Å². The van der Waals surface area contributed by atoms with Gasteiger partial charge >= 0.3 is 6.03 Å². The summed E-state index contributed by atoms with van der Waals surface area (Å²) in [7, 11) is 0. The van der Waals surface area contributed by atoms with Crippen LogP contribution in [0.3, 0.4) is 0 Å². The first-order chi connectivity index (χ1) is 15.7. The molecular weight excluding hydrogens is 400 g/mol. The quantitative estimate of drug-likeness (QED) is 0.668. The number of rotatable bonds is 7. The third-order valence-corrected chi connectivity index (χ3v) is 6.66. The Morgan fingerprint density at radius 2 is 1.56 bits per heavy atom. The molecule has 0 unspecified atom stereocenters. The number of urea groups is 1. The van der Waals surface area contributed by atoms with Crippen LogP contribution in [0.1, 0.15) is 44.1 Å². The van der Waals surface area contributed by atoms with Gasteiger partial charge < -0.3 is 20.4 Å². The molecule has 3 amide bonds. The van der Waals surface area contributed by atoms with Crippen molar-refractivity contribution in [1.29, 1.82) is 0 Å². The van der Waals surface area contributed by atoms with E-state index in [1.807, 2.05) is 59.5 Å². The zero-order valence-corrected chi connectivity index (χ0v) is 18.8. The first-order valence-corrected chi connectivity index (χ1v) is 11.9. The summed E-state index contributed by atoms with van der Waals surface area (Å²) in [6.45, 7) is 3.75. The second-order valence-corrected chi connectivity index (χ2v) is 8.90. The monoisotopic (exact) mass is 434 g/mol. The van der Waals surface area contributed by atoms with Crippen LogP contribution in [-0.4, -0.2) is 43.0 Å². The van der Waals surface area contributed by atoms with Crippen LogP contribution >= 0.6 is 0 Å². The Balaban J connectivity index is 1.19. The molecule has 1 saturated heterocycles. The molecule has 0 atom stereocenters. The molecular formula is C26H34N4O2. The van der Waals surface area contributed by atoms with E-state index in [1.165, 1.54) is 25.7 Å². The van der Waals surface area contributed by atoms with Crippen LogP contribution in [-0.2, 0) is 11.3 Å². The van der Waals surface area contributed by atoms with Crippen LogP contribution in [0.15, 0.2) is 54.6 Å². The lowest BCUT2D eigenvalue weighted by Gasteiger charge is -2.36. The maximum absolute atomic E-state index is 12.6. The summed E-state index contributed by atoms with van der Waals surface area (Å²) < 4.78 is 0. The van der Waals surface area contributed by atoms with E-state index in [1.54, 1.807) is 0 Å². The molecule has 0 bridgehead atoms. The van der Waals surface area contributed by atoms with E-state index in [0.717, 1.165) is 55.5 Å². The molecule has 2 fully saturated rings. The Kier molecular flexibility index (Phi) is 7.64. The number of piperazine rings is 1. The van der Waals surface area contributed by atoms with Crippen molar-refractivity contribution in [2.45, 2.75) is 45.1 Å². The number of nitrogens with one attached hydrogen (secondary N) is 2. The number of carbonyl (C=O) groups is 2. The van der Waals surface area contributed by atoms with E-state index in [-0.39, 0.29) is 6.03 Å². The van der Waals surface area contributed by atoms with Gasteiger partial charge in [0, 0.05) is 50.5 Å². The van der Waals surface area contributed by atoms with Gasteiger partial charge in [0.1, 0.15) is 0 Å². The summed E-state index contributed by atoms with van der Waals surface area (Å²) in [5.74, 6) is 1.09. The molecule has 2 aromatic rings. The molecule has 1 saturated carbocycles. The van der Waals surface area contributed by atoms with Crippen molar-refractivity contribution in [2.24, 2.45) is 5.92 Å². The van der Waals surface area contributed by atoms with Gasteiger partial charge in [-0.1, -0.05) is 56.0 Å². The topological polar surface area (TPSA) is 64.7 Å². The van der Waals surface area contributed by atoms with Crippen molar-refractivity contribution in [3.63, 3.8) is 0 Å². The molecule has 1 heterocycles. The predicted molar refractivity (Wildman–Crippen MR) is 129 cm³/mol. The molecule has 1 aliphatic carbocycles. The normalized spacial score (nSPS) is 16.8. The Bertz CT molecular complexity index is 870. The van der Waals surface area contributed by atoms with E-state index in [2.05, 4.69) is 15.5 Å². The van der Waals surface area contributed by atoms with Crippen LogP contribution in [0.4, 0.5) is 16.2 Å². The maximum atomic E-state index is 12.6. The van der Waals surface area contributed by atoms with Gasteiger partial charge in [-0.15, -0.1) is 0 Å². The summed E-state index contributed by atoms with van der Waals surface area (Å²) in [4.78, 5) is 29.0. The van der Waals surface area contributed by atoms with E-state index >= 15 is 0 Å². The smallest absolute Gasteiger partial charge is 0.319 e. The van der Waals surface area contributed by atoms with Crippen LogP contribution in [0.5, 0.6) is 0 Å². The van der Waals surface area contributed by atoms with Gasteiger partial charge in [0.2, 0.25) is 5.91 Å². The lowest BCUT2D eigenvalue weighted by molar-refractivity contribution is -0.131. The van der Waals surface area contributed by atoms with E-state index < -0.39 is 0 Å². The number of hydrogen-bond donors (Lipinski definition) is 2. The molecule has 0 radical (unpaired) electrons. The fourth-order valence-corrected chi connectivity index (χ4v) is 4.71. The number of anilines is 2. The van der Waals surface area contributed by atoms with E-state index in [9.17, 15) is 9.59 Å². The van der Waals surface area contributed by atoms with Gasteiger partial charge in [-0.3, -0.25) is 4.79 Å². The van der Waals surface area contributed by atoms with Gasteiger partial charge in [0.05, 0.1) is 0 Å². The van der Waals surface area contributed by atoms with Crippen molar-refractivity contribution in [2.75, 3.05) is 36.4 Å². The van der Waals surface area contributed by atoms with Crippen LogP contribution in [0, 0.1) is 5.92 Å². The molecule has 6 nitrogen and oxygen atoms in total. The summed E-state index contributed by atoms with van der Waals surface area (Å²) in [6, 6.07) is 17.5. The number of benzene rings is 2. The second-order valence-electron chi connectivity index (χ2n) is 8.90. The molecule has 170 valence electrons. The van der Waals surface area contributed by atoms with Crippen molar-refractivity contribution in [3.05, 3.63) is 60.2 Å². The summed E-state index contributed by atoms with van der Waals surface area (Å²) in [5, 5.41) is 5.75. The third kappa shape index (κ3) is 6.25. The van der Waals surface area contributed by atoms with Crippen molar-refractivity contribution in [1.82, 2.24) is 10.2 Å². The highest BCUT2D eigenvalue weighted by atomic mass is 16.2. The number of hydrogen-bond acceptors (Lipinski definition) is 3. The Morgan fingerprint density at radius 3 is 2.25 bits per heavy atom. The molecule has 2 N–H and O–H groups in total. The highest BCUT2D eigenvalue weighted by Gasteiger charge is 2.23. The maximum Gasteiger partial charge on any atom is 0.319 e.